The maximum absolute atomic E-state index is 5.64. The Kier molecular flexibility index (Phi) is 7.96. The minimum absolute atomic E-state index is 0.160. The van der Waals surface area contributed by atoms with Gasteiger partial charge in [0.25, 0.3) is 0 Å². The van der Waals surface area contributed by atoms with Gasteiger partial charge >= 0.3 is 0 Å². The first-order valence-electron chi connectivity index (χ1n) is 8.44. The lowest BCUT2D eigenvalue weighted by Gasteiger charge is -2.11. The zero-order valence-corrected chi connectivity index (χ0v) is 15.6. The Morgan fingerprint density at radius 2 is 1.79 bits per heavy atom. The summed E-state index contributed by atoms with van der Waals surface area (Å²) in [6, 6.07) is 7.79. The van der Waals surface area contributed by atoms with Crippen molar-refractivity contribution in [2.45, 2.75) is 47.6 Å². The second kappa shape index (κ2) is 9.71. The van der Waals surface area contributed by atoms with Crippen LogP contribution in [0.25, 0.3) is 17.1 Å². The Labute approximate surface area is 145 Å². The molecule has 0 aliphatic rings. The van der Waals surface area contributed by atoms with Crippen molar-refractivity contribution in [1.82, 2.24) is 9.97 Å². The predicted octanol–water partition coefficient (Wildman–Crippen LogP) is 5.27. The molecule has 4 nitrogen and oxygen atoms in total. The normalized spacial score (nSPS) is 9.96. The van der Waals surface area contributed by atoms with Gasteiger partial charge in [0, 0.05) is 11.8 Å². The number of hydrogen-bond donors (Lipinski definition) is 0. The molecule has 24 heavy (non-hydrogen) atoms. The third kappa shape index (κ3) is 5.37. The Bertz CT molecular complexity index is 649. The summed E-state index contributed by atoms with van der Waals surface area (Å²) in [7, 11) is 0. The molecule has 0 saturated heterocycles. The largest absolute Gasteiger partial charge is 0.494 e. The van der Waals surface area contributed by atoms with Gasteiger partial charge in [-0.1, -0.05) is 20.4 Å². The molecule has 1 aromatic carbocycles. The van der Waals surface area contributed by atoms with Crippen LogP contribution in [0.4, 0.5) is 0 Å². The molecule has 0 aliphatic carbocycles. The van der Waals surface area contributed by atoms with Gasteiger partial charge in [0.1, 0.15) is 11.5 Å². The van der Waals surface area contributed by atoms with E-state index in [9.17, 15) is 0 Å². The van der Waals surface area contributed by atoms with Gasteiger partial charge in [0.2, 0.25) is 0 Å². The van der Waals surface area contributed by atoms with E-state index in [1.807, 2.05) is 65.8 Å². The van der Waals surface area contributed by atoms with E-state index < -0.39 is 0 Å². The van der Waals surface area contributed by atoms with Gasteiger partial charge in [-0.15, -0.1) is 0 Å². The summed E-state index contributed by atoms with van der Waals surface area (Å²) in [5.41, 5.74) is 2.64. The average Bonchev–Trinajstić information content (AvgIpc) is 2.57. The summed E-state index contributed by atoms with van der Waals surface area (Å²) in [6.07, 6.45) is 1.92. The van der Waals surface area contributed by atoms with E-state index in [4.69, 9.17) is 9.47 Å². The molecule has 2 aromatic rings. The topological polar surface area (TPSA) is 44.2 Å². The van der Waals surface area contributed by atoms with Gasteiger partial charge in [0.15, 0.2) is 5.82 Å². The minimum Gasteiger partial charge on any atom is -0.494 e. The lowest BCUT2D eigenvalue weighted by Crippen LogP contribution is -2.05. The monoisotopic (exact) mass is 328 g/mol. The molecule has 0 amide bonds. The fourth-order valence-electron chi connectivity index (χ4n) is 2.09. The van der Waals surface area contributed by atoms with E-state index >= 15 is 0 Å². The van der Waals surface area contributed by atoms with Crippen molar-refractivity contribution >= 4 is 5.76 Å². The van der Waals surface area contributed by atoms with Crippen LogP contribution in [0.1, 0.15) is 45.9 Å². The molecule has 0 atom stereocenters. The van der Waals surface area contributed by atoms with Gasteiger partial charge in [-0.2, -0.15) is 0 Å². The van der Waals surface area contributed by atoms with Crippen molar-refractivity contribution in [3.63, 3.8) is 0 Å². The zero-order chi connectivity index (χ0) is 18.1. The first-order chi connectivity index (χ1) is 11.5. The summed E-state index contributed by atoms with van der Waals surface area (Å²) in [5.74, 6) is 2.13. The number of aryl methyl sites for hydroxylation is 1. The van der Waals surface area contributed by atoms with Gasteiger partial charge in [-0.3, -0.25) is 0 Å². The van der Waals surface area contributed by atoms with Crippen LogP contribution in [-0.2, 0) is 4.74 Å². The summed E-state index contributed by atoms with van der Waals surface area (Å²) in [5, 5.41) is 0. The molecule has 0 N–H and O–H groups in total. The van der Waals surface area contributed by atoms with Crippen LogP contribution in [0.3, 0.4) is 0 Å². The Morgan fingerprint density at radius 1 is 1.17 bits per heavy atom. The molecular formula is C20H28N2O2. The van der Waals surface area contributed by atoms with E-state index in [1.165, 1.54) is 0 Å². The molecular weight excluding hydrogens is 300 g/mol. The summed E-state index contributed by atoms with van der Waals surface area (Å²) >= 11 is 0. The van der Waals surface area contributed by atoms with Crippen molar-refractivity contribution in [3.8, 4) is 17.1 Å². The highest BCUT2D eigenvalue weighted by atomic mass is 16.5. The number of aromatic nitrogens is 2. The fourth-order valence-corrected chi connectivity index (χ4v) is 2.09. The van der Waals surface area contributed by atoms with E-state index in [-0.39, 0.29) is 6.10 Å². The third-order valence-corrected chi connectivity index (χ3v) is 3.08. The lowest BCUT2D eigenvalue weighted by atomic mass is 10.1. The molecule has 2 rings (SSSR count). The van der Waals surface area contributed by atoms with Crippen LogP contribution in [0.5, 0.6) is 5.75 Å². The second-order valence-electron chi connectivity index (χ2n) is 5.24. The Balaban J connectivity index is 0.00000139. The predicted molar refractivity (Wildman–Crippen MR) is 100.0 cm³/mol. The molecule has 0 bridgehead atoms. The molecule has 130 valence electrons. The number of benzene rings is 1. The second-order valence-corrected chi connectivity index (χ2v) is 5.24. The van der Waals surface area contributed by atoms with Gasteiger partial charge in [-0.05, 0) is 52.0 Å². The summed E-state index contributed by atoms with van der Waals surface area (Å²) < 4.78 is 11.1. The number of rotatable bonds is 6. The van der Waals surface area contributed by atoms with Crippen molar-refractivity contribution in [2.75, 3.05) is 6.61 Å². The average molecular weight is 328 g/mol. The van der Waals surface area contributed by atoms with E-state index in [0.717, 1.165) is 22.6 Å². The highest BCUT2D eigenvalue weighted by molar-refractivity contribution is 5.62. The van der Waals surface area contributed by atoms with Crippen LogP contribution in [0.2, 0.25) is 0 Å². The molecule has 0 radical (unpaired) electrons. The van der Waals surface area contributed by atoms with Crippen molar-refractivity contribution in [2.24, 2.45) is 0 Å². The van der Waals surface area contributed by atoms with Crippen LogP contribution in [0.15, 0.2) is 37.0 Å². The highest BCUT2D eigenvalue weighted by Crippen LogP contribution is 2.23. The Hall–Kier alpha value is -2.36. The molecule has 0 spiro atoms. The van der Waals surface area contributed by atoms with Crippen molar-refractivity contribution in [1.29, 1.82) is 0 Å². The Morgan fingerprint density at radius 3 is 2.29 bits per heavy atom. The first kappa shape index (κ1) is 19.7. The molecule has 4 heteroatoms. The van der Waals surface area contributed by atoms with Crippen LogP contribution in [0, 0.1) is 6.92 Å². The molecule has 0 unspecified atom stereocenters. The minimum atomic E-state index is 0.160. The van der Waals surface area contributed by atoms with Crippen LogP contribution in [-0.4, -0.2) is 22.7 Å². The van der Waals surface area contributed by atoms with Gasteiger partial charge in [-0.25, -0.2) is 9.97 Å². The number of nitrogens with zero attached hydrogens (tertiary/aromatic N) is 2. The van der Waals surface area contributed by atoms with Crippen LogP contribution >= 0.6 is 0 Å². The molecule has 1 heterocycles. The lowest BCUT2D eigenvalue weighted by molar-refractivity contribution is 0.242. The number of hydrogen-bond acceptors (Lipinski definition) is 4. The smallest absolute Gasteiger partial charge is 0.159 e. The zero-order valence-electron chi connectivity index (χ0n) is 15.6. The first-order valence-corrected chi connectivity index (χ1v) is 8.44. The highest BCUT2D eigenvalue weighted by Gasteiger charge is 2.09. The van der Waals surface area contributed by atoms with Crippen LogP contribution < -0.4 is 4.74 Å². The molecule has 1 aromatic heterocycles. The summed E-state index contributed by atoms with van der Waals surface area (Å²) in [4.78, 5) is 8.96. The number of ether oxygens (including phenoxy) is 2. The van der Waals surface area contributed by atoms with Gasteiger partial charge < -0.3 is 9.47 Å². The molecule has 0 saturated carbocycles. The van der Waals surface area contributed by atoms with Crippen molar-refractivity contribution < 1.29 is 9.47 Å². The SMILES string of the molecule is C=C(OCC)c1cnc(-c2ccc(OC(C)C)cc2)nc1C.CC. The standard InChI is InChI=1S/C18H22N2O2.C2H6/c1-6-21-14(5)17-11-19-18(20-13(17)4)15-7-9-16(10-8-15)22-12(2)3;1-2/h7-12H,5-6H2,1-4H3;1-2H3. The fraction of sp³-hybridized carbons (Fsp3) is 0.400. The summed E-state index contributed by atoms with van der Waals surface area (Å²) in [6.45, 7) is 16.3. The molecule has 0 aliphatic heterocycles. The third-order valence-electron chi connectivity index (χ3n) is 3.08. The maximum atomic E-state index is 5.64. The van der Waals surface area contributed by atoms with E-state index in [1.54, 1.807) is 6.20 Å². The molecule has 0 fully saturated rings. The van der Waals surface area contributed by atoms with Crippen molar-refractivity contribution in [3.05, 3.63) is 48.3 Å². The van der Waals surface area contributed by atoms with E-state index in [0.29, 0.717) is 18.2 Å². The van der Waals surface area contributed by atoms with E-state index in [2.05, 4.69) is 16.5 Å². The quantitative estimate of drug-likeness (QED) is 0.677. The van der Waals surface area contributed by atoms with Gasteiger partial charge in [0.05, 0.1) is 24.0 Å². The maximum Gasteiger partial charge on any atom is 0.159 e.